The molecule has 15 heavy (non-hydrogen) atoms. The number of nitrogens with two attached hydrogens (primary N) is 1. The fourth-order valence-electron chi connectivity index (χ4n) is 1.39. The van der Waals surface area contributed by atoms with E-state index in [4.69, 9.17) is 20.3 Å². The number of morpholine rings is 1. The van der Waals surface area contributed by atoms with Gasteiger partial charge >= 0.3 is 6.09 Å². The Labute approximate surface area is 88.9 Å². The van der Waals surface area contributed by atoms with Gasteiger partial charge in [-0.25, -0.2) is 4.79 Å². The van der Waals surface area contributed by atoms with Crippen LogP contribution in [0.25, 0.3) is 0 Å². The fraction of sp³-hybridized carbons (Fsp3) is 0.889. The van der Waals surface area contributed by atoms with E-state index in [1.165, 1.54) is 4.90 Å². The summed E-state index contributed by atoms with van der Waals surface area (Å²) in [5.74, 6) is 0. The number of carbonyl (C=O) groups is 1. The van der Waals surface area contributed by atoms with Crippen molar-refractivity contribution >= 4 is 6.09 Å². The van der Waals surface area contributed by atoms with Gasteiger partial charge in [0.15, 0.2) is 0 Å². The average molecular weight is 218 g/mol. The zero-order valence-corrected chi connectivity index (χ0v) is 8.72. The van der Waals surface area contributed by atoms with Crippen LogP contribution >= 0.6 is 0 Å². The summed E-state index contributed by atoms with van der Waals surface area (Å²) in [6.07, 6.45) is -0.229. The van der Waals surface area contributed by atoms with E-state index in [-0.39, 0.29) is 6.10 Å². The van der Waals surface area contributed by atoms with Crippen molar-refractivity contribution in [1.29, 1.82) is 0 Å². The Morgan fingerprint density at radius 3 is 3.13 bits per heavy atom. The van der Waals surface area contributed by atoms with Crippen LogP contribution < -0.4 is 5.73 Å². The smallest absolute Gasteiger partial charge is 0.407 e. The average Bonchev–Trinajstić information content (AvgIpc) is 2.25. The highest BCUT2D eigenvalue weighted by Gasteiger charge is 2.23. The quantitative estimate of drug-likeness (QED) is 0.620. The number of hydrogen-bond acceptors (Lipinski definition) is 4. The SMILES string of the molecule is NCCCOC[C@@H]1CN(C(=O)O)CCO1. The third kappa shape index (κ3) is 4.46. The van der Waals surface area contributed by atoms with E-state index in [1.54, 1.807) is 0 Å². The first kappa shape index (κ1) is 12.2. The van der Waals surface area contributed by atoms with Crippen LogP contribution in [0.3, 0.4) is 0 Å². The van der Waals surface area contributed by atoms with Crippen molar-refractivity contribution in [3.05, 3.63) is 0 Å². The maximum atomic E-state index is 10.7. The summed E-state index contributed by atoms with van der Waals surface area (Å²) in [5.41, 5.74) is 5.31. The molecule has 88 valence electrons. The van der Waals surface area contributed by atoms with Crippen molar-refractivity contribution < 1.29 is 19.4 Å². The van der Waals surface area contributed by atoms with Gasteiger partial charge in [-0.2, -0.15) is 0 Å². The van der Waals surface area contributed by atoms with Crippen LogP contribution in [0, 0.1) is 0 Å². The Kier molecular flexibility index (Phi) is 5.38. The van der Waals surface area contributed by atoms with E-state index in [2.05, 4.69) is 0 Å². The van der Waals surface area contributed by atoms with Crippen molar-refractivity contribution in [1.82, 2.24) is 4.90 Å². The Morgan fingerprint density at radius 1 is 1.67 bits per heavy atom. The molecule has 1 saturated heterocycles. The van der Waals surface area contributed by atoms with Gasteiger partial charge in [0.05, 0.1) is 25.9 Å². The molecule has 0 bridgehead atoms. The minimum atomic E-state index is -0.898. The summed E-state index contributed by atoms with van der Waals surface area (Å²) in [7, 11) is 0. The Morgan fingerprint density at radius 2 is 2.47 bits per heavy atom. The molecule has 1 fully saturated rings. The monoisotopic (exact) mass is 218 g/mol. The van der Waals surface area contributed by atoms with E-state index >= 15 is 0 Å². The second-order valence-corrected chi connectivity index (χ2v) is 3.44. The van der Waals surface area contributed by atoms with Crippen molar-refractivity contribution in [2.24, 2.45) is 5.73 Å². The van der Waals surface area contributed by atoms with Gasteiger partial charge in [0.25, 0.3) is 0 Å². The standard InChI is InChI=1S/C9H18N2O4/c10-2-1-4-14-7-8-6-11(9(12)13)3-5-15-8/h8H,1-7,10H2,(H,12,13)/t8-/m0/s1. The van der Waals surface area contributed by atoms with Crippen LogP contribution in [0.4, 0.5) is 4.79 Å². The molecule has 0 spiro atoms. The molecule has 3 N–H and O–H groups in total. The van der Waals surface area contributed by atoms with Crippen LogP contribution in [-0.2, 0) is 9.47 Å². The third-order valence-electron chi connectivity index (χ3n) is 2.21. The van der Waals surface area contributed by atoms with Gasteiger partial charge < -0.3 is 25.2 Å². The van der Waals surface area contributed by atoms with Gasteiger partial charge in [0.2, 0.25) is 0 Å². The second-order valence-electron chi connectivity index (χ2n) is 3.44. The molecule has 0 aromatic heterocycles. The van der Waals surface area contributed by atoms with Crippen molar-refractivity contribution in [3.8, 4) is 0 Å². The van der Waals surface area contributed by atoms with Gasteiger partial charge in [-0.1, -0.05) is 0 Å². The molecule has 0 aromatic carbocycles. The molecule has 1 amide bonds. The molecule has 0 unspecified atom stereocenters. The van der Waals surface area contributed by atoms with Crippen molar-refractivity contribution in [2.75, 3.05) is 39.5 Å². The lowest BCUT2D eigenvalue weighted by molar-refractivity contribution is -0.0629. The zero-order valence-electron chi connectivity index (χ0n) is 8.72. The molecular formula is C9H18N2O4. The first-order valence-electron chi connectivity index (χ1n) is 5.11. The molecule has 0 aliphatic carbocycles. The lowest BCUT2D eigenvalue weighted by Crippen LogP contribution is -2.46. The number of nitrogens with zero attached hydrogens (tertiary/aromatic N) is 1. The van der Waals surface area contributed by atoms with E-state index in [0.29, 0.717) is 39.5 Å². The van der Waals surface area contributed by atoms with Crippen LogP contribution in [0.5, 0.6) is 0 Å². The van der Waals surface area contributed by atoms with Crippen molar-refractivity contribution in [3.63, 3.8) is 0 Å². The maximum absolute atomic E-state index is 10.7. The van der Waals surface area contributed by atoms with Gasteiger partial charge in [0.1, 0.15) is 0 Å². The summed E-state index contributed by atoms with van der Waals surface area (Å²) in [5, 5.41) is 8.78. The number of ether oxygens (including phenoxy) is 2. The summed E-state index contributed by atoms with van der Waals surface area (Å²) < 4.78 is 10.7. The highest BCUT2D eigenvalue weighted by Crippen LogP contribution is 2.05. The minimum absolute atomic E-state index is 0.146. The van der Waals surface area contributed by atoms with E-state index < -0.39 is 6.09 Å². The molecule has 1 atom stereocenters. The van der Waals surface area contributed by atoms with Crippen molar-refractivity contribution in [2.45, 2.75) is 12.5 Å². The van der Waals surface area contributed by atoms with E-state index in [9.17, 15) is 4.79 Å². The van der Waals surface area contributed by atoms with Crippen LogP contribution in [0.2, 0.25) is 0 Å². The molecule has 6 nitrogen and oxygen atoms in total. The molecule has 6 heteroatoms. The third-order valence-corrected chi connectivity index (χ3v) is 2.21. The second kappa shape index (κ2) is 6.60. The number of amides is 1. The lowest BCUT2D eigenvalue weighted by atomic mass is 10.3. The first-order chi connectivity index (χ1) is 7.24. The zero-order chi connectivity index (χ0) is 11.1. The highest BCUT2D eigenvalue weighted by atomic mass is 16.5. The summed E-state index contributed by atoms with van der Waals surface area (Å²) in [6, 6.07) is 0. The highest BCUT2D eigenvalue weighted by molar-refractivity contribution is 5.65. The topological polar surface area (TPSA) is 85.0 Å². The summed E-state index contributed by atoms with van der Waals surface area (Å²) >= 11 is 0. The molecule has 1 heterocycles. The predicted octanol–water partition coefficient (Wildman–Crippen LogP) is -0.269. The Hall–Kier alpha value is -0.850. The molecule has 1 aliphatic rings. The van der Waals surface area contributed by atoms with Gasteiger partial charge in [-0.15, -0.1) is 0 Å². The number of rotatable bonds is 5. The molecule has 0 saturated carbocycles. The van der Waals surface area contributed by atoms with E-state index in [1.807, 2.05) is 0 Å². The van der Waals surface area contributed by atoms with Gasteiger partial charge in [0, 0.05) is 13.2 Å². The van der Waals surface area contributed by atoms with Crippen LogP contribution in [0.1, 0.15) is 6.42 Å². The molecule has 0 radical (unpaired) electrons. The van der Waals surface area contributed by atoms with Gasteiger partial charge in [-0.05, 0) is 13.0 Å². The predicted molar refractivity (Wildman–Crippen MR) is 53.8 cm³/mol. The summed E-state index contributed by atoms with van der Waals surface area (Å²) in [4.78, 5) is 12.0. The molecule has 1 aliphatic heterocycles. The largest absolute Gasteiger partial charge is 0.465 e. The molecule has 1 rings (SSSR count). The van der Waals surface area contributed by atoms with Gasteiger partial charge in [-0.3, -0.25) is 0 Å². The van der Waals surface area contributed by atoms with Crippen LogP contribution in [0.15, 0.2) is 0 Å². The van der Waals surface area contributed by atoms with E-state index in [0.717, 1.165) is 6.42 Å². The number of hydrogen-bond donors (Lipinski definition) is 2. The number of carboxylic acid groups (broad SMARTS) is 1. The minimum Gasteiger partial charge on any atom is -0.465 e. The van der Waals surface area contributed by atoms with Crippen LogP contribution in [-0.4, -0.2) is 61.7 Å². The molecular weight excluding hydrogens is 200 g/mol. The lowest BCUT2D eigenvalue weighted by Gasteiger charge is -2.30. The first-order valence-corrected chi connectivity index (χ1v) is 5.11. The molecule has 0 aromatic rings. The normalized spacial score (nSPS) is 21.7. The maximum Gasteiger partial charge on any atom is 0.407 e. The fourth-order valence-corrected chi connectivity index (χ4v) is 1.39. The summed E-state index contributed by atoms with van der Waals surface area (Å²) in [6.45, 7) is 2.91. The Balaban J connectivity index is 2.15. The Bertz CT molecular complexity index is 201.